The van der Waals surface area contributed by atoms with Crippen molar-refractivity contribution < 1.29 is 23.8 Å². The van der Waals surface area contributed by atoms with Crippen LogP contribution in [0.5, 0.6) is 0 Å². The molecule has 1 amide bonds. The highest BCUT2D eigenvalue weighted by atomic mass is 19.1. The highest BCUT2D eigenvalue weighted by molar-refractivity contribution is 6.17. The number of amides is 1. The number of hydrogen-bond donors (Lipinski definition) is 4. The predicted octanol–water partition coefficient (Wildman–Crippen LogP) is 3.18. The van der Waals surface area contributed by atoms with Crippen LogP contribution in [-0.2, 0) is 33.7 Å². The van der Waals surface area contributed by atoms with Crippen LogP contribution in [0.2, 0.25) is 0 Å². The van der Waals surface area contributed by atoms with Gasteiger partial charge in [-0.15, -0.1) is 0 Å². The van der Waals surface area contributed by atoms with E-state index in [2.05, 4.69) is 50.8 Å². The highest BCUT2D eigenvalue weighted by Gasteiger charge is 2.32. The number of halogens is 1. The molecule has 54 heavy (non-hydrogen) atoms. The van der Waals surface area contributed by atoms with Crippen molar-refractivity contribution in [1.29, 1.82) is 0 Å². The molecule has 0 bridgehead atoms. The largest absolute Gasteiger partial charge is 0.467 e. The Morgan fingerprint density at radius 3 is 2.46 bits per heavy atom. The minimum Gasteiger partial charge on any atom is -0.467 e. The van der Waals surface area contributed by atoms with E-state index in [1.54, 1.807) is 11.0 Å². The molecular weight excluding hydrogens is 693 g/mol. The second kappa shape index (κ2) is 16.7. The van der Waals surface area contributed by atoms with Crippen molar-refractivity contribution in [1.82, 2.24) is 24.8 Å². The number of hydrogen-bond acceptors (Lipinski definition) is 14. The first-order valence-electron chi connectivity index (χ1n) is 17.6. The summed E-state index contributed by atoms with van der Waals surface area (Å²) >= 11 is 0. The number of methoxy groups -OCH3 is 1. The number of ether oxygens (including phenoxy) is 1. The van der Waals surface area contributed by atoms with Gasteiger partial charge in [0.25, 0.3) is 5.91 Å². The van der Waals surface area contributed by atoms with Crippen molar-refractivity contribution in [2.75, 3.05) is 55.8 Å². The lowest BCUT2D eigenvalue weighted by atomic mass is 10.1. The van der Waals surface area contributed by atoms with E-state index in [0.717, 1.165) is 28.1 Å². The molecule has 0 radical (unpaired) electrons. The molecule has 278 valence electrons. The van der Waals surface area contributed by atoms with Crippen LogP contribution < -0.4 is 16.0 Å². The van der Waals surface area contributed by atoms with E-state index < -0.39 is 24.3 Å². The quantitative estimate of drug-likeness (QED) is 0.148. The summed E-state index contributed by atoms with van der Waals surface area (Å²) in [5, 5.41) is 19.7. The topological polar surface area (TPSA) is 182 Å². The molecule has 15 nitrogen and oxygen atoms in total. The van der Waals surface area contributed by atoms with Crippen molar-refractivity contribution in [3.8, 4) is 0 Å². The van der Waals surface area contributed by atoms with Gasteiger partial charge in [0.15, 0.2) is 12.3 Å². The summed E-state index contributed by atoms with van der Waals surface area (Å²) in [6.07, 6.45) is 2.59. The van der Waals surface area contributed by atoms with E-state index in [9.17, 15) is 19.1 Å². The van der Waals surface area contributed by atoms with Crippen LogP contribution in [0.1, 0.15) is 16.7 Å². The number of fused-ring (bicyclic) bond motifs is 1. The summed E-state index contributed by atoms with van der Waals surface area (Å²) in [5.41, 5.74) is 5.04. The Balaban J connectivity index is 1.05. The molecule has 2 unspecified atom stereocenters. The molecule has 0 aliphatic carbocycles. The zero-order valence-corrected chi connectivity index (χ0v) is 29.6. The van der Waals surface area contributed by atoms with Crippen LogP contribution in [0.4, 0.5) is 33.6 Å². The third-order valence-electron chi connectivity index (χ3n) is 9.24. The number of rotatable bonds is 13. The molecule has 3 aliphatic heterocycles. The first kappa shape index (κ1) is 36.2. The number of carbonyl (C=O) groups excluding carboxylic acids is 2. The minimum atomic E-state index is -1.16. The molecular formula is C38H40FN11O4. The Kier molecular flexibility index (Phi) is 11.2. The van der Waals surface area contributed by atoms with Gasteiger partial charge < -0.3 is 30.7 Å². The maximum atomic E-state index is 13.8. The first-order valence-corrected chi connectivity index (χ1v) is 17.6. The number of carbonyl (C=O) groups is 2. The molecule has 1 saturated heterocycles. The Morgan fingerprint density at radius 2 is 1.67 bits per heavy atom. The van der Waals surface area contributed by atoms with Crippen molar-refractivity contribution >= 4 is 59.2 Å². The fourth-order valence-corrected chi connectivity index (χ4v) is 6.48. The lowest BCUT2D eigenvalue weighted by Crippen LogP contribution is -2.53. The van der Waals surface area contributed by atoms with E-state index in [1.807, 2.05) is 54.6 Å². The van der Waals surface area contributed by atoms with Crippen LogP contribution in [0.3, 0.4) is 0 Å². The molecule has 1 aromatic heterocycles. The summed E-state index contributed by atoms with van der Waals surface area (Å²) in [7, 11) is 1.33. The Morgan fingerprint density at radius 1 is 0.907 bits per heavy atom. The average Bonchev–Trinajstić information content (AvgIpc) is 3.59. The summed E-state index contributed by atoms with van der Waals surface area (Å²) in [6.45, 7) is 3.31. The van der Waals surface area contributed by atoms with Crippen molar-refractivity contribution in [3.63, 3.8) is 0 Å². The van der Waals surface area contributed by atoms with E-state index in [1.165, 1.54) is 31.7 Å². The molecule has 16 heteroatoms. The van der Waals surface area contributed by atoms with Crippen LogP contribution in [0.25, 0.3) is 0 Å². The molecule has 4 N–H and O–H groups in total. The zero-order valence-electron chi connectivity index (χ0n) is 29.6. The van der Waals surface area contributed by atoms with E-state index in [-0.39, 0.29) is 29.6 Å². The number of nitrogens with one attached hydrogen (secondary N) is 3. The van der Waals surface area contributed by atoms with Gasteiger partial charge in [-0.25, -0.2) is 9.18 Å². The van der Waals surface area contributed by atoms with Gasteiger partial charge in [0.1, 0.15) is 11.9 Å². The number of esters is 1. The monoisotopic (exact) mass is 733 g/mol. The maximum absolute atomic E-state index is 13.8. The lowest BCUT2D eigenvalue weighted by molar-refractivity contribution is -0.141. The molecule has 4 heterocycles. The number of anilines is 4. The van der Waals surface area contributed by atoms with Gasteiger partial charge in [-0.2, -0.15) is 15.0 Å². The summed E-state index contributed by atoms with van der Waals surface area (Å²) in [5.74, 6) is -0.408. The van der Waals surface area contributed by atoms with Gasteiger partial charge in [-0.1, -0.05) is 48.5 Å². The first-order chi connectivity index (χ1) is 26.3. The fourth-order valence-electron chi connectivity index (χ4n) is 6.48. The number of aliphatic hydroxyl groups excluding tert-OH is 1. The minimum absolute atomic E-state index is 0.155. The van der Waals surface area contributed by atoms with Crippen molar-refractivity contribution in [2.24, 2.45) is 15.0 Å². The smallest absolute Gasteiger partial charge is 0.328 e. The molecule has 3 atom stereocenters. The maximum Gasteiger partial charge on any atom is 0.328 e. The summed E-state index contributed by atoms with van der Waals surface area (Å²) in [4.78, 5) is 56.2. The molecule has 3 aromatic carbocycles. The van der Waals surface area contributed by atoms with Crippen molar-refractivity contribution in [3.05, 3.63) is 95.3 Å². The molecule has 4 aromatic rings. The van der Waals surface area contributed by atoms with Crippen LogP contribution in [-0.4, -0.2) is 118 Å². The third kappa shape index (κ3) is 9.08. The number of aromatic nitrogens is 3. The van der Waals surface area contributed by atoms with Crippen molar-refractivity contribution in [2.45, 2.75) is 37.7 Å². The molecule has 7 rings (SSSR count). The Hall–Kier alpha value is -6.13. The Bertz CT molecular complexity index is 2070. The van der Waals surface area contributed by atoms with Crippen LogP contribution in [0, 0.1) is 5.82 Å². The van der Waals surface area contributed by atoms with E-state index >= 15 is 0 Å². The second-order valence-electron chi connectivity index (χ2n) is 13.1. The van der Waals surface area contributed by atoms with Gasteiger partial charge in [-0.3, -0.25) is 24.7 Å². The van der Waals surface area contributed by atoms with Gasteiger partial charge in [-0.05, 0) is 41.0 Å². The zero-order chi connectivity index (χ0) is 37.4. The van der Waals surface area contributed by atoms with Crippen LogP contribution >= 0.6 is 0 Å². The fraction of sp³-hybridized carbons (Fsp3) is 0.316. The third-order valence-corrected chi connectivity index (χ3v) is 9.24. The number of benzene rings is 3. The van der Waals surface area contributed by atoms with E-state index in [4.69, 9.17) is 4.74 Å². The molecule has 0 saturated carbocycles. The van der Waals surface area contributed by atoms with Crippen LogP contribution in [0.15, 0.2) is 87.8 Å². The van der Waals surface area contributed by atoms with Gasteiger partial charge in [0, 0.05) is 69.4 Å². The lowest BCUT2D eigenvalue weighted by Gasteiger charge is -2.36. The second-order valence-corrected chi connectivity index (χ2v) is 13.1. The predicted molar refractivity (Wildman–Crippen MR) is 203 cm³/mol. The van der Waals surface area contributed by atoms with E-state index in [0.29, 0.717) is 57.8 Å². The highest BCUT2D eigenvalue weighted by Crippen LogP contribution is 2.27. The molecule has 1 fully saturated rings. The number of nitrogens with zero attached hydrogens (tertiary/aromatic N) is 8. The Labute approximate surface area is 311 Å². The number of aliphatic hydroxyl groups is 1. The number of piperazine rings is 1. The molecule has 3 aliphatic rings. The standard InChI is InChI=1S/C38H40FN11O4/c1-54-35(53)31(19-24-6-3-2-4-7-24)45-38-47-36(42-22-29-20-26-10-11-27(39)21-30(26)43-29)46-37(48-38)44-28-9-5-8-25(18-28)23-49-14-16-50(17-15-49)34(52)32-33(51)41-13-12-40-32/h2-13,18,21,31-33,51H,14-17,19-20,22-23H2,1H3,(H3,42,44,45,46,47,48)/t31-,32?,33?/m0/s1. The summed E-state index contributed by atoms with van der Waals surface area (Å²) < 4.78 is 18.9. The SMILES string of the molecule is COC(=O)[C@H](Cc1ccccc1)Nc1nc(NCC2=Nc3cc(F)ccc3C2)nc(Nc2cccc(CN3CCN(C(=O)C4N=CC=NC4O)CC3)c2)n1. The van der Waals surface area contributed by atoms with Gasteiger partial charge in [0.2, 0.25) is 17.8 Å². The van der Waals surface area contributed by atoms with Gasteiger partial charge in [0.05, 0.1) is 19.3 Å². The average molecular weight is 734 g/mol. The normalized spacial score (nSPS) is 18.4. The summed E-state index contributed by atoms with van der Waals surface area (Å²) in [6, 6.07) is 20.3. The number of aliphatic imine (C=N–C) groups is 3. The van der Waals surface area contributed by atoms with Gasteiger partial charge >= 0.3 is 5.97 Å². The molecule has 0 spiro atoms.